The van der Waals surface area contributed by atoms with Crippen molar-refractivity contribution in [3.63, 3.8) is 0 Å². The molecule has 0 unspecified atom stereocenters. The topological polar surface area (TPSA) is 62.3 Å². The first-order valence-corrected chi connectivity index (χ1v) is 10.1. The number of nitrogens with one attached hydrogen (secondary N) is 1. The first kappa shape index (κ1) is 16.7. The van der Waals surface area contributed by atoms with Gasteiger partial charge in [-0.15, -0.1) is 11.3 Å². The number of anilines is 1. The molecule has 0 radical (unpaired) electrons. The summed E-state index contributed by atoms with van der Waals surface area (Å²) in [7, 11) is -3.55. The van der Waals surface area contributed by atoms with Gasteiger partial charge in [0.15, 0.2) is 5.13 Å². The first-order valence-electron chi connectivity index (χ1n) is 7.39. The summed E-state index contributed by atoms with van der Waals surface area (Å²) in [6.07, 6.45) is 3.31. The van der Waals surface area contributed by atoms with Gasteiger partial charge in [-0.25, -0.2) is 18.1 Å². The zero-order valence-corrected chi connectivity index (χ0v) is 15.1. The predicted octanol–water partition coefficient (Wildman–Crippen LogP) is 3.05. The standard InChI is InChI=1S/C15H18ClN3O2S2/c1-11-13(16)3-2-4-14(11)23(20,21)18-12-5-8-19(9-6-12)15-17-7-10-22-15/h2-4,7,10,12,18H,5-6,8-9H2,1H3. The molecule has 8 heteroatoms. The second-order valence-corrected chi connectivity index (χ2v) is 8.52. The number of piperidine rings is 1. The van der Waals surface area contributed by atoms with Crippen LogP contribution in [-0.4, -0.2) is 32.5 Å². The third-order valence-electron chi connectivity index (χ3n) is 4.01. The molecular formula is C15H18ClN3O2S2. The van der Waals surface area contributed by atoms with Crippen molar-refractivity contribution in [2.24, 2.45) is 0 Å². The molecule has 0 bridgehead atoms. The first-order chi connectivity index (χ1) is 11.0. The lowest BCUT2D eigenvalue weighted by Crippen LogP contribution is -2.44. The van der Waals surface area contributed by atoms with E-state index in [-0.39, 0.29) is 10.9 Å². The third-order valence-corrected chi connectivity index (χ3v) is 6.92. The summed E-state index contributed by atoms with van der Waals surface area (Å²) in [4.78, 5) is 6.75. The number of nitrogens with zero attached hydrogens (tertiary/aromatic N) is 2. The van der Waals surface area contributed by atoms with Gasteiger partial charge in [0, 0.05) is 35.7 Å². The number of benzene rings is 1. The molecule has 3 rings (SSSR count). The summed E-state index contributed by atoms with van der Waals surface area (Å²) < 4.78 is 28.0. The number of hydrogen-bond donors (Lipinski definition) is 1. The summed E-state index contributed by atoms with van der Waals surface area (Å²) in [5.41, 5.74) is 0.585. The van der Waals surface area contributed by atoms with Gasteiger partial charge in [-0.05, 0) is 37.5 Å². The monoisotopic (exact) mass is 371 g/mol. The minimum atomic E-state index is -3.55. The van der Waals surface area contributed by atoms with Crippen LogP contribution in [0.2, 0.25) is 5.02 Å². The van der Waals surface area contributed by atoms with Gasteiger partial charge in [-0.2, -0.15) is 0 Å². The Morgan fingerprint density at radius 3 is 2.74 bits per heavy atom. The van der Waals surface area contributed by atoms with E-state index < -0.39 is 10.0 Å². The van der Waals surface area contributed by atoms with E-state index in [1.807, 2.05) is 5.38 Å². The number of halogens is 1. The van der Waals surface area contributed by atoms with Crippen LogP contribution in [0.15, 0.2) is 34.7 Å². The van der Waals surface area contributed by atoms with Gasteiger partial charge in [0.1, 0.15) is 0 Å². The highest BCUT2D eigenvalue weighted by molar-refractivity contribution is 7.89. The molecule has 1 aromatic carbocycles. The van der Waals surface area contributed by atoms with E-state index >= 15 is 0 Å². The lowest BCUT2D eigenvalue weighted by molar-refractivity contribution is 0.459. The number of rotatable bonds is 4. The van der Waals surface area contributed by atoms with Crippen LogP contribution in [-0.2, 0) is 10.0 Å². The third kappa shape index (κ3) is 3.68. The van der Waals surface area contributed by atoms with Crippen molar-refractivity contribution in [2.75, 3.05) is 18.0 Å². The molecule has 23 heavy (non-hydrogen) atoms. The maximum Gasteiger partial charge on any atom is 0.241 e. The van der Waals surface area contributed by atoms with Crippen molar-refractivity contribution < 1.29 is 8.42 Å². The molecule has 0 spiro atoms. The van der Waals surface area contributed by atoms with E-state index in [4.69, 9.17) is 11.6 Å². The summed E-state index contributed by atoms with van der Waals surface area (Å²) >= 11 is 7.64. The molecule has 0 atom stereocenters. The average Bonchev–Trinajstić information content (AvgIpc) is 3.04. The fourth-order valence-electron chi connectivity index (χ4n) is 2.72. The quantitative estimate of drug-likeness (QED) is 0.897. The highest BCUT2D eigenvalue weighted by Gasteiger charge is 2.26. The Labute approximate surface area is 145 Å². The fraction of sp³-hybridized carbons (Fsp3) is 0.400. The summed E-state index contributed by atoms with van der Waals surface area (Å²) in [6.45, 7) is 3.33. The number of hydrogen-bond acceptors (Lipinski definition) is 5. The fourth-order valence-corrected chi connectivity index (χ4v) is 5.22. The minimum Gasteiger partial charge on any atom is -0.348 e. The van der Waals surface area contributed by atoms with Crippen molar-refractivity contribution >= 4 is 38.1 Å². The SMILES string of the molecule is Cc1c(Cl)cccc1S(=O)(=O)NC1CCN(c2nccs2)CC1. The van der Waals surface area contributed by atoms with Gasteiger partial charge in [-0.1, -0.05) is 17.7 Å². The van der Waals surface area contributed by atoms with E-state index in [2.05, 4.69) is 14.6 Å². The van der Waals surface area contributed by atoms with E-state index in [1.165, 1.54) is 0 Å². The Morgan fingerprint density at radius 2 is 2.09 bits per heavy atom. The van der Waals surface area contributed by atoms with Gasteiger partial charge in [0.25, 0.3) is 0 Å². The van der Waals surface area contributed by atoms with E-state index in [0.717, 1.165) is 31.1 Å². The zero-order valence-electron chi connectivity index (χ0n) is 12.7. The molecule has 1 aliphatic heterocycles. The van der Waals surface area contributed by atoms with Gasteiger partial charge < -0.3 is 4.90 Å². The number of sulfonamides is 1. The van der Waals surface area contributed by atoms with Gasteiger partial charge in [0.05, 0.1) is 4.90 Å². The maximum atomic E-state index is 12.6. The highest BCUT2D eigenvalue weighted by atomic mass is 35.5. The van der Waals surface area contributed by atoms with Crippen molar-refractivity contribution in [3.8, 4) is 0 Å². The van der Waals surface area contributed by atoms with Crippen molar-refractivity contribution in [1.29, 1.82) is 0 Å². The van der Waals surface area contributed by atoms with Crippen LogP contribution < -0.4 is 9.62 Å². The van der Waals surface area contributed by atoms with Gasteiger partial charge in [-0.3, -0.25) is 0 Å². The summed E-state index contributed by atoms with van der Waals surface area (Å²) in [6, 6.07) is 4.89. The average molecular weight is 372 g/mol. The Balaban J connectivity index is 1.67. The lowest BCUT2D eigenvalue weighted by atomic mass is 10.1. The molecule has 1 aromatic heterocycles. The zero-order chi connectivity index (χ0) is 16.4. The molecule has 0 aliphatic carbocycles. The molecule has 124 valence electrons. The van der Waals surface area contributed by atoms with Crippen LogP contribution in [0.1, 0.15) is 18.4 Å². The Morgan fingerprint density at radius 1 is 1.35 bits per heavy atom. The maximum absolute atomic E-state index is 12.6. The second kappa shape index (κ2) is 6.76. The van der Waals surface area contributed by atoms with E-state index in [1.54, 1.807) is 42.7 Å². The molecule has 1 aliphatic rings. The summed E-state index contributed by atoms with van der Waals surface area (Å²) in [5.74, 6) is 0. The number of thiazole rings is 1. The van der Waals surface area contributed by atoms with Gasteiger partial charge in [0.2, 0.25) is 10.0 Å². The van der Waals surface area contributed by atoms with Crippen molar-refractivity contribution in [1.82, 2.24) is 9.71 Å². The van der Waals surface area contributed by atoms with Crippen LogP contribution >= 0.6 is 22.9 Å². The normalized spacial score (nSPS) is 16.7. The number of aromatic nitrogens is 1. The largest absolute Gasteiger partial charge is 0.348 e. The lowest BCUT2D eigenvalue weighted by Gasteiger charge is -2.32. The Kier molecular flexibility index (Phi) is 4.91. The highest BCUT2D eigenvalue weighted by Crippen LogP contribution is 2.25. The molecule has 0 saturated carbocycles. The smallest absolute Gasteiger partial charge is 0.241 e. The second-order valence-electron chi connectivity index (χ2n) is 5.56. The van der Waals surface area contributed by atoms with Crippen LogP contribution in [0.25, 0.3) is 0 Å². The Hall–Kier alpha value is -1.15. The summed E-state index contributed by atoms with van der Waals surface area (Å²) in [5, 5.41) is 3.41. The van der Waals surface area contributed by atoms with Crippen LogP contribution in [0, 0.1) is 6.92 Å². The molecule has 2 heterocycles. The molecular weight excluding hydrogens is 354 g/mol. The molecule has 1 N–H and O–H groups in total. The van der Waals surface area contributed by atoms with Crippen molar-refractivity contribution in [3.05, 3.63) is 40.4 Å². The van der Waals surface area contributed by atoms with Crippen molar-refractivity contribution in [2.45, 2.75) is 30.7 Å². The van der Waals surface area contributed by atoms with E-state index in [9.17, 15) is 8.42 Å². The van der Waals surface area contributed by atoms with Crippen LogP contribution in [0.5, 0.6) is 0 Å². The minimum absolute atomic E-state index is 0.0606. The molecule has 2 aromatic rings. The van der Waals surface area contributed by atoms with Crippen LogP contribution in [0.3, 0.4) is 0 Å². The molecule has 0 amide bonds. The van der Waals surface area contributed by atoms with E-state index in [0.29, 0.717) is 10.6 Å². The molecule has 1 fully saturated rings. The van der Waals surface area contributed by atoms with Gasteiger partial charge >= 0.3 is 0 Å². The molecule has 5 nitrogen and oxygen atoms in total. The van der Waals surface area contributed by atoms with Crippen LogP contribution in [0.4, 0.5) is 5.13 Å². The Bertz CT molecular complexity index is 770. The predicted molar refractivity (Wildman–Crippen MR) is 93.9 cm³/mol. The molecule has 1 saturated heterocycles.